The van der Waals surface area contributed by atoms with Crippen LogP contribution in [0, 0.1) is 0 Å². The molecule has 4 rings (SSSR count). The third-order valence-electron chi connectivity index (χ3n) is 8.02. The number of hydrogen-bond acceptors (Lipinski definition) is 4. The predicted molar refractivity (Wildman–Crippen MR) is 147 cm³/mol. The summed E-state index contributed by atoms with van der Waals surface area (Å²) in [5, 5.41) is 0. The maximum absolute atomic E-state index is 15.1. The second-order valence-electron chi connectivity index (χ2n) is 11.6. The van der Waals surface area contributed by atoms with E-state index in [4.69, 9.17) is 0 Å². The molecule has 2 aromatic heterocycles. The standard InChI is InChI=1S/C31H26F15N3O/c1-2-3-4-5-6-7-17-8-10-18(11-9-17)19-15-47-24(48-16-19)20-12-13-21-23(49-20)26(34,35)22(50-21)14-25(32,33)27(36,37)28(38,39)29(40,41)30(42,43)31(44,45)46/h8-13,15-16,22H,2-7,14H2,1H3. The summed E-state index contributed by atoms with van der Waals surface area (Å²) in [6.45, 7) is 2.12. The van der Waals surface area contributed by atoms with Crippen LogP contribution in [0.1, 0.15) is 56.7 Å². The minimum atomic E-state index is -8.16. The van der Waals surface area contributed by atoms with Gasteiger partial charge in [0.05, 0.1) is 6.42 Å². The SMILES string of the molecule is CCCCCCCc1ccc(-c2cnc(-c3ccc4c(n3)C(F)(F)C(CC(F)(F)C(F)(F)C(F)(F)C(F)(F)C(F)(F)C(F)(F)F)O4)nc2)cc1. The van der Waals surface area contributed by atoms with Gasteiger partial charge in [-0.1, -0.05) is 56.9 Å². The van der Waals surface area contributed by atoms with Crippen LogP contribution in [0.3, 0.4) is 0 Å². The van der Waals surface area contributed by atoms with E-state index >= 15 is 8.78 Å². The van der Waals surface area contributed by atoms with Gasteiger partial charge in [0.1, 0.15) is 11.4 Å². The quantitative estimate of drug-likeness (QED) is 0.122. The van der Waals surface area contributed by atoms with Crippen molar-refractivity contribution in [2.75, 3.05) is 0 Å². The molecule has 0 amide bonds. The minimum Gasteiger partial charge on any atom is -0.481 e. The van der Waals surface area contributed by atoms with Gasteiger partial charge in [-0.15, -0.1) is 0 Å². The molecule has 3 heterocycles. The van der Waals surface area contributed by atoms with Crippen molar-refractivity contribution >= 4 is 0 Å². The number of ether oxygens (including phenoxy) is 1. The highest BCUT2D eigenvalue weighted by Crippen LogP contribution is 2.61. The Morgan fingerprint density at radius 3 is 1.78 bits per heavy atom. The second kappa shape index (κ2) is 13.4. The molecule has 1 atom stereocenters. The first kappa shape index (κ1) is 39.0. The number of halogens is 15. The van der Waals surface area contributed by atoms with E-state index in [0.717, 1.165) is 50.2 Å². The lowest BCUT2D eigenvalue weighted by Crippen LogP contribution is -2.70. The molecule has 50 heavy (non-hydrogen) atoms. The number of aryl methyl sites for hydroxylation is 1. The summed E-state index contributed by atoms with van der Waals surface area (Å²) in [5.74, 6) is -44.9. The average molecular weight is 742 g/mol. The van der Waals surface area contributed by atoms with E-state index in [9.17, 15) is 57.1 Å². The highest BCUT2D eigenvalue weighted by atomic mass is 19.4. The average Bonchev–Trinajstić information content (AvgIpc) is 3.28. The van der Waals surface area contributed by atoms with E-state index in [1.54, 1.807) is 0 Å². The molecule has 3 aromatic rings. The maximum atomic E-state index is 15.1. The highest BCUT2D eigenvalue weighted by Gasteiger charge is 2.91. The number of unbranched alkanes of at least 4 members (excludes halogenated alkanes) is 4. The Bertz CT molecular complexity index is 1630. The van der Waals surface area contributed by atoms with E-state index < -0.39 is 71.4 Å². The van der Waals surface area contributed by atoms with E-state index in [2.05, 4.69) is 26.6 Å². The predicted octanol–water partition coefficient (Wildman–Crippen LogP) is 10.7. The Balaban J connectivity index is 1.51. The van der Waals surface area contributed by atoms with Crippen LogP contribution in [0.15, 0.2) is 48.8 Å². The van der Waals surface area contributed by atoms with E-state index in [0.29, 0.717) is 17.2 Å². The van der Waals surface area contributed by atoms with Crippen LogP contribution in [-0.4, -0.2) is 56.8 Å². The Morgan fingerprint density at radius 2 is 1.22 bits per heavy atom. The van der Waals surface area contributed by atoms with E-state index in [1.807, 2.05) is 24.3 Å². The molecule has 0 saturated carbocycles. The molecule has 1 unspecified atom stereocenters. The van der Waals surface area contributed by atoms with Crippen molar-refractivity contribution in [3.05, 3.63) is 60.0 Å². The fourth-order valence-electron chi connectivity index (χ4n) is 5.02. The van der Waals surface area contributed by atoms with Crippen LogP contribution in [0.4, 0.5) is 65.9 Å². The van der Waals surface area contributed by atoms with Crippen LogP contribution in [-0.2, 0) is 12.3 Å². The van der Waals surface area contributed by atoms with Crippen LogP contribution in [0.5, 0.6) is 5.75 Å². The van der Waals surface area contributed by atoms with Crippen molar-refractivity contribution in [2.45, 2.75) is 99.7 Å². The van der Waals surface area contributed by atoms with Crippen LogP contribution < -0.4 is 4.74 Å². The molecule has 0 fully saturated rings. The van der Waals surface area contributed by atoms with E-state index in [-0.39, 0.29) is 5.82 Å². The summed E-state index contributed by atoms with van der Waals surface area (Å²) in [6.07, 6.45) is -5.36. The number of hydrogen-bond donors (Lipinski definition) is 0. The Labute approximate surface area is 274 Å². The van der Waals surface area contributed by atoms with E-state index in [1.165, 1.54) is 12.4 Å². The van der Waals surface area contributed by atoms with Gasteiger partial charge in [0.25, 0.3) is 0 Å². The van der Waals surface area contributed by atoms with Crippen molar-refractivity contribution in [1.82, 2.24) is 15.0 Å². The lowest BCUT2D eigenvalue weighted by Gasteiger charge is -2.40. The number of benzene rings is 1. The van der Waals surface area contributed by atoms with Crippen molar-refractivity contribution in [3.63, 3.8) is 0 Å². The molecule has 1 aliphatic heterocycles. The van der Waals surface area contributed by atoms with Gasteiger partial charge in [0.2, 0.25) is 0 Å². The normalized spacial score (nSPS) is 17.1. The van der Waals surface area contributed by atoms with Crippen LogP contribution in [0.2, 0.25) is 0 Å². The maximum Gasteiger partial charge on any atom is 0.460 e. The Morgan fingerprint density at radius 1 is 0.660 bits per heavy atom. The summed E-state index contributed by atoms with van der Waals surface area (Å²) in [5.41, 5.74) is 0.339. The molecule has 0 aliphatic carbocycles. The van der Waals surface area contributed by atoms with Gasteiger partial charge in [-0.2, -0.15) is 65.9 Å². The summed E-state index contributed by atoms with van der Waals surface area (Å²) in [7, 11) is 0. The molecule has 19 heteroatoms. The highest BCUT2D eigenvalue weighted by molar-refractivity contribution is 5.63. The van der Waals surface area contributed by atoms with Crippen molar-refractivity contribution in [1.29, 1.82) is 0 Å². The van der Waals surface area contributed by atoms with Gasteiger partial charge in [-0.25, -0.2) is 15.0 Å². The molecule has 4 nitrogen and oxygen atoms in total. The van der Waals surface area contributed by atoms with Gasteiger partial charge < -0.3 is 4.74 Å². The summed E-state index contributed by atoms with van der Waals surface area (Å²) in [6, 6.07) is 9.04. The zero-order valence-corrected chi connectivity index (χ0v) is 25.6. The Hall–Kier alpha value is -3.80. The zero-order chi connectivity index (χ0) is 37.6. The fourth-order valence-corrected chi connectivity index (χ4v) is 5.02. The van der Waals surface area contributed by atoms with Crippen LogP contribution in [0.25, 0.3) is 22.6 Å². The monoisotopic (exact) mass is 741 g/mol. The minimum absolute atomic E-state index is 0.302. The number of rotatable bonds is 14. The van der Waals surface area contributed by atoms with Gasteiger partial charge in [0.15, 0.2) is 17.6 Å². The summed E-state index contributed by atoms with van der Waals surface area (Å²) in [4.78, 5) is 11.5. The molecule has 0 bridgehead atoms. The second-order valence-corrected chi connectivity index (χ2v) is 11.6. The first-order valence-electron chi connectivity index (χ1n) is 14.9. The molecule has 0 saturated heterocycles. The zero-order valence-electron chi connectivity index (χ0n) is 25.6. The summed E-state index contributed by atoms with van der Waals surface area (Å²) < 4.78 is 210. The number of fused-ring (bicyclic) bond motifs is 1. The molecule has 0 radical (unpaired) electrons. The lowest BCUT2D eigenvalue weighted by molar-refractivity contribution is -0.441. The molecule has 0 N–H and O–H groups in total. The van der Waals surface area contributed by atoms with Crippen molar-refractivity contribution in [3.8, 4) is 28.4 Å². The van der Waals surface area contributed by atoms with Gasteiger partial charge in [-0.3, -0.25) is 0 Å². The van der Waals surface area contributed by atoms with Gasteiger partial charge in [-0.05, 0) is 36.1 Å². The molecular formula is C31H26F15N3O. The molecule has 0 spiro atoms. The van der Waals surface area contributed by atoms with Crippen molar-refractivity contribution < 1.29 is 70.6 Å². The fraction of sp³-hybridized carbons (Fsp3) is 0.516. The van der Waals surface area contributed by atoms with Crippen LogP contribution >= 0.6 is 0 Å². The lowest BCUT2D eigenvalue weighted by atomic mass is 9.90. The topological polar surface area (TPSA) is 47.9 Å². The number of nitrogens with zero attached hydrogens (tertiary/aromatic N) is 3. The Kier molecular flexibility index (Phi) is 10.4. The first-order chi connectivity index (χ1) is 22.9. The molecule has 1 aliphatic rings. The number of aromatic nitrogens is 3. The largest absolute Gasteiger partial charge is 0.481 e. The smallest absolute Gasteiger partial charge is 0.460 e. The number of alkyl halides is 15. The third kappa shape index (κ3) is 6.79. The molecule has 276 valence electrons. The molecule has 1 aromatic carbocycles. The number of pyridine rings is 1. The van der Waals surface area contributed by atoms with Gasteiger partial charge in [0, 0.05) is 18.0 Å². The summed E-state index contributed by atoms with van der Waals surface area (Å²) >= 11 is 0. The van der Waals surface area contributed by atoms with Crippen molar-refractivity contribution in [2.24, 2.45) is 0 Å². The van der Waals surface area contributed by atoms with Gasteiger partial charge >= 0.3 is 41.7 Å². The third-order valence-corrected chi connectivity index (χ3v) is 8.02. The molecular weight excluding hydrogens is 715 g/mol. The first-order valence-corrected chi connectivity index (χ1v) is 14.9.